The molecule has 0 spiro atoms. The predicted molar refractivity (Wildman–Crippen MR) is 69.6 cm³/mol. The number of amides is 1. The molecule has 18 heavy (non-hydrogen) atoms. The minimum atomic E-state index is -0.510. The van der Waals surface area contributed by atoms with Crippen molar-refractivity contribution in [1.29, 1.82) is 0 Å². The molecule has 2 N–H and O–H groups in total. The van der Waals surface area contributed by atoms with E-state index >= 15 is 0 Å². The van der Waals surface area contributed by atoms with Crippen LogP contribution in [0.1, 0.15) is 26.3 Å². The maximum atomic E-state index is 11.5. The number of rotatable bonds is 3. The van der Waals surface area contributed by atoms with Gasteiger partial charge in [-0.15, -0.1) is 0 Å². The number of carbonyl (C=O) groups is 1. The summed E-state index contributed by atoms with van der Waals surface area (Å²) in [7, 11) is 1.58. The molecule has 0 saturated heterocycles. The van der Waals surface area contributed by atoms with Crippen LogP contribution in [-0.2, 0) is 11.3 Å². The summed E-state index contributed by atoms with van der Waals surface area (Å²) in [5, 5.41) is 12.8. The molecule has 1 aromatic rings. The normalized spacial score (nSPS) is 11.4. The quantitative estimate of drug-likeness (QED) is 0.812. The first kappa shape index (κ1) is 14.5. The zero-order valence-corrected chi connectivity index (χ0v) is 11.2. The van der Waals surface area contributed by atoms with Crippen LogP contribution in [0.5, 0.6) is 0 Å². The largest absolute Gasteiger partial charge is 0.444 e. The Morgan fingerprint density at radius 3 is 2.33 bits per heavy atom. The summed E-state index contributed by atoms with van der Waals surface area (Å²) in [5.41, 5.74) is 1.10. The summed E-state index contributed by atoms with van der Waals surface area (Å²) in [6, 6.07) is 7.20. The van der Waals surface area contributed by atoms with Crippen LogP contribution in [0.25, 0.3) is 0 Å². The van der Waals surface area contributed by atoms with Crippen molar-refractivity contribution in [2.24, 2.45) is 0 Å². The molecule has 0 aliphatic heterocycles. The van der Waals surface area contributed by atoms with Gasteiger partial charge in [0, 0.05) is 19.3 Å². The highest BCUT2D eigenvalue weighted by Gasteiger charge is 2.15. The lowest BCUT2D eigenvalue weighted by Gasteiger charge is -2.19. The SMILES string of the molecule is CN(O)Cc1ccc(NC(=O)OC(C)(C)C)cc1. The van der Waals surface area contributed by atoms with Crippen molar-refractivity contribution in [3.05, 3.63) is 29.8 Å². The van der Waals surface area contributed by atoms with E-state index in [1.54, 1.807) is 19.2 Å². The Morgan fingerprint density at radius 2 is 1.89 bits per heavy atom. The second-order valence-corrected chi connectivity index (χ2v) is 5.14. The van der Waals surface area contributed by atoms with Gasteiger partial charge in [0.15, 0.2) is 0 Å². The lowest BCUT2D eigenvalue weighted by molar-refractivity contribution is -0.0731. The average molecular weight is 252 g/mol. The summed E-state index contributed by atoms with van der Waals surface area (Å²) in [6.07, 6.45) is -0.477. The van der Waals surface area contributed by atoms with Gasteiger partial charge in [-0.1, -0.05) is 12.1 Å². The second kappa shape index (κ2) is 5.84. The Balaban J connectivity index is 2.56. The fourth-order valence-corrected chi connectivity index (χ4v) is 1.38. The molecule has 0 fully saturated rings. The molecule has 0 aliphatic carbocycles. The van der Waals surface area contributed by atoms with Crippen molar-refractivity contribution in [3.8, 4) is 0 Å². The molecule has 1 aromatic carbocycles. The molecule has 0 heterocycles. The van der Waals surface area contributed by atoms with Gasteiger partial charge in [-0.05, 0) is 38.5 Å². The lowest BCUT2D eigenvalue weighted by atomic mass is 10.2. The number of benzene rings is 1. The number of nitrogens with one attached hydrogen (secondary N) is 1. The monoisotopic (exact) mass is 252 g/mol. The van der Waals surface area contributed by atoms with Gasteiger partial charge >= 0.3 is 6.09 Å². The molecule has 100 valence electrons. The highest BCUT2D eigenvalue weighted by Crippen LogP contribution is 2.13. The van der Waals surface area contributed by atoms with Crippen LogP contribution >= 0.6 is 0 Å². The van der Waals surface area contributed by atoms with Crippen molar-refractivity contribution in [2.75, 3.05) is 12.4 Å². The smallest absolute Gasteiger partial charge is 0.412 e. The summed E-state index contributed by atoms with van der Waals surface area (Å²) in [4.78, 5) is 11.5. The number of ether oxygens (including phenoxy) is 1. The van der Waals surface area contributed by atoms with Crippen molar-refractivity contribution in [3.63, 3.8) is 0 Å². The molecule has 5 nitrogen and oxygen atoms in total. The number of hydrogen-bond acceptors (Lipinski definition) is 4. The van der Waals surface area contributed by atoms with E-state index < -0.39 is 11.7 Å². The molecule has 0 bridgehead atoms. The number of hydroxylamine groups is 2. The van der Waals surface area contributed by atoms with Crippen LogP contribution in [0.4, 0.5) is 10.5 Å². The summed E-state index contributed by atoms with van der Waals surface area (Å²) in [6.45, 7) is 5.87. The molecule has 1 rings (SSSR count). The third-order valence-corrected chi connectivity index (χ3v) is 2.01. The van der Waals surface area contributed by atoms with E-state index in [4.69, 9.17) is 9.94 Å². The molecule has 0 atom stereocenters. The topological polar surface area (TPSA) is 61.8 Å². The van der Waals surface area contributed by atoms with E-state index in [2.05, 4.69) is 5.32 Å². The van der Waals surface area contributed by atoms with E-state index in [9.17, 15) is 4.79 Å². The van der Waals surface area contributed by atoms with E-state index in [1.807, 2.05) is 32.9 Å². The van der Waals surface area contributed by atoms with Gasteiger partial charge in [-0.25, -0.2) is 4.79 Å². The Bertz CT molecular complexity index is 394. The summed E-state index contributed by atoms with van der Waals surface area (Å²) < 4.78 is 5.14. The number of nitrogens with zero attached hydrogens (tertiary/aromatic N) is 1. The van der Waals surface area contributed by atoms with Gasteiger partial charge in [0.05, 0.1) is 0 Å². The third-order valence-electron chi connectivity index (χ3n) is 2.01. The highest BCUT2D eigenvalue weighted by molar-refractivity contribution is 5.84. The van der Waals surface area contributed by atoms with Crippen LogP contribution in [0.2, 0.25) is 0 Å². The Hall–Kier alpha value is -1.59. The lowest BCUT2D eigenvalue weighted by Crippen LogP contribution is -2.27. The van der Waals surface area contributed by atoms with Crippen LogP contribution < -0.4 is 5.32 Å². The van der Waals surface area contributed by atoms with E-state index in [0.717, 1.165) is 10.6 Å². The molecular formula is C13H20N2O3. The number of hydrogen-bond donors (Lipinski definition) is 2. The molecule has 0 aromatic heterocycles. The third kappa shape index (κ3) is 5.65. The summed E-state index contributed by atoms with van der Waals surface area (Å²) in [5.74, 6) is 0. The molecule has 0 unspecified atom stereocenters. The molecule has 5 heteroatoms. The van der Waals surface area contributed by atoms with Gasteiger partial charge in [0.1, 0.15) is 5.60 Å². The zero-order chi connectivity index (χ0) is 13.8. The van der Waals surface area contributed by atoms with Crippen molar-refractivity contribution in [2.45, 2.75) is 32.9 Å². The average Bonchev–Trinajstić information content (AvgIpc) is 2.17. The molecular weight excluding hydrogens is 232 g/mol. The predicted octanol–water partition coefficient (Wildman–Crippen LogP) is 2.85. The first-order chi connectivity index (χ1) is 8.26. The molecule has 0 aliphatic rings. The fraction of sp³-hybridized carbons (Fsp3) is 0.462. The van der Waals surface area contributed by atoms with Crippen LogP contribution in [0, 0.1) is 0 Å². The number of carbonyl (C=O) groups excluding carboxylic acids is 1. The van der Waals surface area contributed by atoms with Gasteiger partial charge in [0.2, 0.25) is 0 Å². The van der Waals surface area contributed by atoms with E-state index in [1.165, 1.54) is 0 Å². The standard InChI is InChI=1S/C13H20N2O3/c1-13(2,3)18-12(16)14-11-7-5-10(6-8-11)9-15(4)17/h5-8,17H,9H2,1-4H3,(H,14,16). The van der Waals surface area contributed by atoms with Crippen LogP contribution in [0.15, 0.2) is 24.3 Å². The van der Waals surface area contributed by atoms with Gasteiger partial charge in [0.25, 0.3) is 0 Å². The maximum Gasteiger partial charge on any atom is 0.412 e. The van der Waals surface area contributed by atoms with Crippen molar-refractivity contribution in [1.82, 2.24) is 5.06 Å². The van der Waals surface area contributed by atoms with E-state index in [0.29, 0.717) is 12.2 Å². The Morgan fingerprint density at radius 1 is 1.33 bits per heavy atom. The highest BCUT2D eigenvalue weighted by atomic mass is 16.6. The van der Waals surface area contributed by atoms with Crippen molar-refractivity contribution < 1.29 is 14.7 Å². The zero-order valence-electron chi connectivity index (χ0n) is 11.2. The van der Waals surface area contributed by atoms with Gasteiger partial charge < -0.3 is 9.94 Å². The fourth-order valence-electron chi connectivity index (χ4n) is 1.38. The Kier molecular flexibility index (Phi) is 4.69. The molecule has 0 radical (unpaired) electrons. The molecule has 0 saturated carbocycles. The van der Waals surface area contributed by atoms with Crippen LogP contribution in [-0.4, -0.2) is 29.0 Å². The van der Waals surface area contributed by atoms with Crippen LogP contribution in [0.3, 0.4) is 0 Å². The molecule has 1 amide bonds. The van der Waals surface area contributed by atoms with E-state index in [-0.39, 0.29) is 0 Å². The minimum Gasteiger partial charge on any atom is -0.444 e. The van der Waals surface area contributed by atoms with Gasteiger partial charge in [-0.3, -0.25) is 5.32 Å². The number of anilines is 1. The van der Waals surface area contributed by atoms with Crippen molar-refractivity contribution >= 4 is 11.8 Å². The summed E-state index contributed by atoms with van der Waals surface area (Å²) >= 11 is 0. The second-order valence-electron chi connectivity index (χ2n) is 5.14. The minimum absolute atomic E-state index is 0.437. The maximum absolute atomic E-state index is 11.5. The first-order valence-corrected chi connectivity index (χ1v) is 5.75. The first-order valence-electron chi connectivity index (χ1n) is 5.75. The Labute approximate surface area is 107 Å². The van der Waals surface area contributed by atoms with Gasteiger partial charge in [-0.2, -0.15) is 5.06 Å².